The lowest BCUT2D eigenvalue weighted by atomic mass is 9.95. The Labute approximate surface area is 212 Å². The lowest BCUT2D eigenvalue weighted by molar-refractivity contribution is -0.132. The number of esters is 1. The van der Waals surface area contributed by atoms with E-state index in [1.165, 1.54) is 12.0 Å². The topological polar surface area (TPSA) is 106 Å². The van der Waals surface area contributed by atoms with Crippen LogP contribution in [0.15, 0.2) is 54.1 Å². The minimum absolute atomic E-state index is 0.0569. The Balaban J connectivity index is 1.88. The number of amides is 1. The van der Waals surface area contributed by atoms with Crippen molar-refractivity contribution < 1.29 is 29.0 Å². The van der Waals surface area contributed by atoms with E-state index in [0.29, 0.717) is 29.2 Å². The number of aromatic nitrogens is 1. The maximum Gasteiger partial charge on any atom is 0.350 e. The summed E-state index contributed by atoms with van der Waals surface area (Å²) < 4.78 is 10.5. The molecular weight excluding hydrogens is 480 g/mol. The summed E-state index contributed by atoms with van der Waals surface area (Å²) in [6, 6.07) is 13.1. The zero-order valence-corrected chi connectivity index (χ0v) is 21.2. The van der Waals surface area contributed by atoms with Crippen LogP contribution in [-0.2, 0) is 14.3 Å². The number of aryl methyl sites for hydroxylation is 2. The number of hydrogen-bond acceptors (Lipinski definition) is 8. The van der Waals surface area contributed by atoms with E-state index in [-0.39, 0.29) is 21.3 Å². The summed E-state index contributed by atoms with van der Waals surface area (Å²) in [4.78, 5) is 44.7. The number of hydrogen-bond donors (Lipinski definition) is 1. The second-order valence-corrected chi connectivity index (χ2v) is 9.33. The van der Waals surface area contributed by atoms with Crippen LogP contribution in [0.2, 0.25) is 0 Å². The molecule has 2 aromatic carbocycles. The Morgan fingerprint density at radius 2 is 1.75 bits per heavy atom. The summed E-state index contributed by atoms with van der Waals surface area (Å²) in [7, 11) is 1.26. The molecule has 1 aromatic heterocycles. The van der Waals surface area contributed by atoms with Crippen molar-refractivity contribution >= 4 is 39.9 Å². The summed E-state index contributed by atoms with van der Waals surface area (Å²) in [6.45, 7) is 6.10. The van der Waals surface area contributed by atoms with Gasteiger partial charge in [0.2, 0.25) is 0 Å². The Morgan fingerprint density at radius 3 is 2.36 bits per heavy atom. The van der Waals surface area contributed by atoms with Crippen molar-refractivity contribution in [2.24, 2.45) is 0 Å². The molecule has 9 heteroatoms. The number of thiazole rings is 1. The maximum absolute atomic E-state index is 13.3. The van der Waals surface area contributed by atoms with E-state index in [1.54, 1.807) is 43.3 Å². The fourth-order valence-electron chi connectivity index (χ4n) is 3.95. The summed E-state index contributed by atoms with van der Waals surface area (Å²) >= 11 is 0.958. The van der Waals surface area contributed by atoms with E-state index in [2.05, 4.69) is 4.98 Å². The smallest absolute Gasteiger partial charge is 0.350 e. The largest absolute Gasteiger partial charge is 0.507 e. The van der Waals surface area contributed by atoms with Crippen molar-refractivity contribution in [3.8, 4) is 5.75 Å². The third-order valence-corrected chi connectivity index (χ3v) is 6.94. The molecule has 0 saturated carbocycles. The number of benzene rings is 2. The molecule has 0 unspecified atom stereocenters. The highest BCUT2D eigenvalue weighted by molar-refractivity contribution is 7.17. The second-order valence-electron chi connectivity index (χ2n) is 8.36. The first kappa shape index (κ1) is 25.1. The number of rotatable bonds is 7. The minimum atomic E-state index is -0.956. The fraction of sp³-hybridized carbons (Fsp3) is 0.259. The van der Waals surface area contributed by atoms with Crippen LogP contribution in [0.1, 0.15) is 51.4 Å². The summed E-state index contributed by atoms with van der Waals surface area (Å²) in [6.07, 6.45) is 0.852. The highest BCUT2D eigenvalue weighted by Crippen LogP contribution is 2.44. The molecule has 186 valence electrons. The van der Waals surface area contributed by atoms with Crippen molar-refractivity contribution in [1.82, 2.24) is 4.98 Å². The van der Waals surface area contributed by atoms with Crippen LogP contribution >= 0.6 is 11.3 Å². The zero-order valence-electron chi connectivity index (χ0n) is 20.4. The van der Waals surface area contributed by atoms with Gasteiger partial charge < -0.3 is 14.6 Å². The van der Waals surface area contributed by atoms with Gasteiger partial charge in [0.1, 0.15) is 16.4 Å². The number of ketones is 1. The first-order valence-electron chi connectivity index (χ1n) is 11.4. The van der Waals surface area contributed by atoms with Gasteiger partial charge in [-0.15, -0.1) is 0 Å². The highest BCUT2D eigenvalue weighted by atomic mass is 32.1. The van der Waals surface area contributed by atoms with E-state index in [4.69, 9.17) is 9.47 Å². The van der Waals surface area contributed by atoms with Crippen LogP contribution in [0.4, 0.5) is 5.13 Å². The van der Waals surface area contributed by atoms with Crippen LogP contribution in [0.25, 0.3) is 5.76 Å². The molecule has 4 rings (SSSR count). The van der Waals surface area contributed by atoms with Crippen molar-refractivity contribution in [3.63, 3.8) is 0 Å². The normalized spacial score (nSPS) is 16.9. The lowest BCUT2D eigenvalue weighted by Crippen LogP contribution is -2.29. The molecule has 1 N–H and O–H groups in total. The van der Waals surface area contributed by atoms with E-state index >= 15 is 0 Å². The molecule has 3 aromatic rings. The molecule has 1 atom stereocenters. The minimum Gasteiger partial charge on any atom is -0.507 e. The standard InChI is InChI=1S/C27H26N2O6S/c1-5-14-35-19-12-10-17(11-13-19)21-20(22(30)18-8-6-15(2)7-9-18)23(31)25(32)29(21)27-28-16(3)24(36-27)26(33)34-4/h6-13,21,30H,5,14H2,1-4H3/b22-20+/t21-/m0/s1. The second kappa shape index (κ2) is 10.3. The van der Waals surface area contributed by atoms with Gasteiger partial charge >= 0.3 is 11.9 Å². The van der Waals surface area contributed by atoms with Gasteiger partial charge in [0.15, 0.2) is 5.13 Å². The molecule has 36 heavy (non-hydrogen) atoms. The van der Waals surface area contributed by atoms with E-state index in [9.17, 15) is 19.5 Å². The Bertz CT molecular complexity index is 1340. The molecule has 8 nitrogen and oxygen atoms in total. The Kier molecular flexibility index (Phi) is 7.21. The van der Waals surface area contributed by atoms with Crippen molar-refractivity contribution in [3.05, 3.63) is 81.4 Å². The molecule has 1 saturated heterocycles. The number of nitrogens with zero attached hydrogens (tertiary/aromatic N) is 2. The molecule has 1 amide bonds. The molecule has 0 bridgehead atoms. The van der Waals surface area contributed by atoms with Crippen LogP contribution in [0.5, 0.6) is 5.75 Å². The van der Waals surface area contributed by atoms with Gasteiger partial charge in [-0.3, -0.25) is 14.5 Å². The molecule has 1 aliphatic heterocycles. The monoisotopic (exact) mass is 506 g/mol. The molecule has 0 radical (unpaired) electrons. The quantitative estimate of drug-likeness (QED) is 0.209. The summed E-state index contributed by atoms with van der Waals surface area (Å²) in [5.74, 6) is -1.90. The van der Waals surface area contributed by atoms with Crippen molar-refractivity contribution in [1.29, 1.82) is 0 Å². The van der Waals surface area contributed by atoms with Crippen molar-refractivity contribution in [2.75, 3.05) is 18.6 Å². The van der Waals surface area contributed by atoms with E-state index in [0.717, 1.165) is 23.3 Å². The number of methoxy groups -OCH3 is 1. The van der Waals surface area contributed by atoms with Gasteiger partial charge in [0.25, 0.3) is 5.78 Å². The number of Topliss-reactive ketones (excluding diaryl/α,β-unsaturated/α-hetero) is 1. The zero-order chi connectivity index (χ0) is 26.0. The van der Waals surface area contributed by atoms with Crippen LogP contribution < -0.4 is 9.64 Å². The molecule has 0 aliphatic carbocycles. The van der Waals surface area contributed by atoms with Crippen LogP contribution in [0, 0.1) is 13.8 Å². The number of ether oxygens (including phenoxy) is 2. The first-order valence-corrected chi connectivity index (χ1v) is 12.2. The van der Waals surface area contributed by atoms with Gasteiger partial charge in [-0.1, -0.05) is 60.2 Å². The van der Waals surface area contributed by atoms with Gasteiger partial charge in [-0.05, 0) is 38.0 Å². The average Bonchev–Trinajstić information content (AvgIpc) is 3.39. The number of carbonyl (C=O) groups excluding carboxylic acids is 3. The summed E-state index contributed by atoms with van der Waals surface area (Å²) in [5, 5.41) is 11.4. The molecule has 1 aliphatic rings. The Hall–Kier alpha value is -3.98. The first-order chi connectivity index (χ1) is 17.3. The molecule has 1 fully saturated rings. The van der Waals surface area contributed by atoms with E-state index < -0.39 is 23.7 Å². The SMILES string of the molecule is CCCOc1ccc([C@H]2/C(=C(\O)c3ccc(C)cc3)C(=O)C(=O)N2c2nc(C)c(C(=O)OC)s2)cc1. The highest BCUT2D eigenvalue weighted by Gasteiger charge is 2.48. The average molecular weight is 507 g/mol. The number of carbonyl (C=O) groups is 3. The van der Waals surface area contributed by atoms with Gasteiger partial charge in [-0.2, -0.15) is 0 Å². The number of aliphatic hydroxyl groups is 1. The predicted molar refractivity (Wildman–Crippen MR) is 136 cm³/mol. The molecule has 2 heterocycles. The fourth-order valence-corrected chi connectivity index (χ4v) is 4.96. The predicted octanol–water partition coefficient (Wildman–Crippen LogP) is 4.96. The molecular formula is C27H26N2O6S. The summed E-state index contributed by atoms with van der Waals surface area (Å²) in [5.41, 5.74) is 2.30. The third kappa shape index (κ3) is 4.61. The lowest BCUT2D eigenvalue weighted by Gasteiger charge is -2.23. The van der Waals surface area contributed by atoms with Gasteiger partial charge in [0, 0.05) is 5.56 Å². The molecule has 0 spiro atoms. The number of anilines is 1. The maximum atomic E-state index is 13.3. The Morgan fingerprint density at radius 1 is 1.08 bits per heavy atom. The van der Waals surface area contributed by atoms with Gasteiger partial charge in [-0.25, -0.2) is 9.78 Å². The van der Waals surface area contributed by atoms with Gasteiger partial charge in [0.05, 0.1) is 31.0 Å². The van der Waals surface area contributed by atoms with Crippen molar-refractivity contribution in [2.45, 2.75) is 33.2 Å². The van der Waals surface area contributed by atoms with E-state index in [1.807, 2.05) is 26.0 Å². The van der Waals surface area contributed by atoms with Crippen LogP contribution in [0.3, 0.4) is 0 Å². The van der Waals surface area contributed by atoms with Crippen LogP contribution in [-0.4, -0.2) is 41.5 Å². The number of aliphatic hydroxyl groups excluding tert-OH is 1. The third-order valence-electron chi connectivity index (χ3n) is 5.80.